The van der Waals surface area contributed by atoms with Crippen LogP contribution in [0.2, 0.25) is 0 Å². The number of hydrogen-bond donors (Lipinski definition) is 7. The van der Waals surface area contributed by atoms with Crippen LogP contribution in [0.1, 0.15) is 35.9 Å². The van der Waals surface area contributed by atoms with Crippen LogP contribution >= 0.6 is 0 Å². The average molecular weight is 546 g/mol. The first-order chi connectivity index (χ1) is 19.3. The van der Waals surface area contributed by atoms with E-state index in [0.717, 1.165) is 21.5 Å². The van der Waals surface area contributed by atoms with Gasteiger partial charge in [0.25, 0.3) is 5.56 Å². The summed E-state index contributed by atoms with van der Waals surface area (Å²) >= 11 is 0. The lowest BCUT2D eigenvalue weighted by Gasteiger charge is -2.38. The number of aromatic amines is 1. The molecule has 0 saturated carbocycles. The van der Waals surface area contributed by atoms with Gasteiger partial charge in [-0.15, -0.1) is 0 Å². The quantitative estimate of drug-likeness (QED) is 0.161. The normalized spacial score (nSPS) is 28.4. The first kappa shape index (κ1) is 25.1. The Morgan fingerprint density at radius 1 is 1.02 bits per heavy atom. The van der Waals surface area contributed by atoms with Crippen LogP contribution in [0.4, 0.5) is 5.95 Å². The Hall–Kier alpha value is -3.91. The molecule has 0 spiro atoms. The second-order valence-electron chi connectivity index (χ2n) is 10.4. The topological polar surface area (TPSA) is 186 Å². The predicted molar refractivity (Wildman–Crippen MR) is 145 cm³/mol. The molecule has 0 bridgehead atoms. The fourth-order valence-electron chi connectivity index (χ4n) is 5.96. The zero-order valence-electron chi connectivity index (χ0n) is 21.0. The molecular weight excluding hydrogens is 518 g/mol. The second-order valence-corrected chi connectivity index (χ2v) is 10.4. The standard InChI is InChI=1S/C28H27N5O7/c34-10-18-17(35)9-19(40-18)33-11-29-22-26(33)31-28(32-27(22)39)30-21-20-15(23(36)25(38)24(21)37)6-5-14-7-12-3-1-2-4-13(12)8-16(14)20/h1-8,11,17-19,21,23-25,34-38H,9-10H2,(H2,30,31,32,39)/t17-,18+,19+,21+,23+,24-,25-/m0/s1. The number of H-pyrrole nitrogens is 1. The summed E-state index contributed by atoms with van der Waals surface area (Å²) in [5.74, 6) is 0.00730. The van der Waals surface area contributed by atoms with E-state index in [2.05, 4.69) is 20.3 Å². The molecule has 1 fully saturated rings. The molecule has 206 valence electrons. The highest BCUT2D eigenvalue weighted by molar-refractivity contribution is 6.00. The highest BCUT2D eigenvalue weighted by atomic mass is 16.5. The summed E-state index contributed by atoms with van der Waals surface area (Å²) in [5.41, 5.74) is 0.719. The summed E-state index contributed by atoms with van der Waals surface area (Å²) in [6, 6.07) is 14.5. The SMILES string of the molecule is O=c1[nH]c(N[C@@H]2c3c(ccc4cc5ccccc5cc34)[C@@H](O)[C@H](O)[C@H]2O)nc2c1ncn2[C@H]1C[C@H](O)[C@@H](CO)O1. The minimum Gasteiger partial charge on any atom is -0.394 e. The van der Waals surface area contributed by atoms with E-state index in [-0.39, 0.29) is 30.1 Å². The Morgan fingerprint density at radius 2 is 1.80 bits per heavy atom. The highest BCUT2D eigenvalue weighted by Gasteiger charge is 2.42. The molecule has 1 saturated heterocycles. The van der Waals surface area contributed by atoms with Crippen molar-refractivity contribution in [3.05, 3.63) is 76.3 Å². The van der Waals surface area contributed by atoms with E-state index in [1.54, 1.807) is 6.07 Å². The molecule has 2 aliphatic rings. The van der Waals surface area contributed by atoms with Gasteiger partial charge in [-0.25, -0.2) is 4.98 Å². The number of fused-ring (bicyclic) bond motifs is 5. The Balaban J connectivity index is 1.35. The fraction of sp³-hybridized carbons (Fsp3) is 0.321. The third-order valence-corrected chi connectivity index (χ3v) is 8.02. The molecule has 5 aromatic rings. The van der Waals surface area contributed by atoms with Gasteiger partial charge in [-0.3, -0.25) is 14.3 Å². The smallest absolute Gasteiger partial charge is 0.280 e. The van der Waals surface area contributed by atoms with Crippen molar-refractivity contribution in [1.29, 1.82) is 0 Å². The van der Waals surface area contributed by atoms with Crippen LogP contribution < -0.4 is 10.9 Å². The number of hydrogen-bond acceptors (Lipinski definition) is 10. The molecule has 12 nitrogen and oxygen atoms in total. The van der Waals surface area contributed by atoms with E-state index in [9.17, 15) is 30.3 Å². The van der Waals surface area contributed by atoms with E-state index in [1.807, 2.05) is 42.5 Å². The van der Waals surface area contributed by atoms with Crippen molar-refractivity contribution in [3.8, 4) is 0 Å². The van der Waals surface area contributed by atoms with Crippen molar-refractivity contribution in [2.24, 2.45) is 0 Å². The molecule has 7 rings (SSSR count). The Morgan fingerprint density at radius 3 is 2.55 bits per heavy atom. The number of imidazole rings is 1. The number of benzene rings is 3. The third-order valence-electron chi connectivity index (χ3n) is 8.02. The monoisotopic (exact) mass is 545 g/mol. The van der Waals surface area contributed by atoms with Crippen molar-refractivity contribution in [2.75, 3.05) is 11.9 Å². The minimum atomic E-state index is -1.49. The molecule has 0 radical (unpaired) electrons. The summed E-state index contributed by atoms with van der Waals surface area (Å²) in [5, 5.41) is 59.1. The summed E-state index contributed by atoms with van der Waals surface area (Å²) in [6.45, 7) is -0.360. The fourth-order valence-corrected chi connectivity index (χ4v) is 5.96. The number of aliphatic hydroxyl groups is 5. The maximum atomic E-state index is 13.0. The first-order valence-electron chi connectivity index (χ1n) is 13.0. The molecule has 0 unspecified atom stereocenters. The molecule has 1 aliphatic heterocycles. The maximum absolute atomic E-state index is 13.0. The van der Waals surface area contributed by atoms with Gasteiger partial charge in [0.15, 0.2) is 11.2 Å². The van der Waals surface area contributed by atoms with E-state index in [0.29, 0.717) is 11.1 Å². The lowest BCUT2D eigenvalue weighted by Crippen LogP contribution is -2.44. The number of nitrogens with zero attached hydrogens (tertiary/aromatic N) is 3. The second kappa shape index (κ2) is 9.34. The van der Waals surface area contributed by atoms with Gasteiger partial charge in [-0.05, 0) is 44.8 Å². The summed E-state index contributed by atoms with van der Waals surface area (Å²) in [4.78, 5) is 24.3. The molecular formula is C28H27N5O7. The van der Waals surface area contributed by atoms with Crippen molar-refractivity contribution in [2.45, 2.75) is 49.2 Å². The van der Waals surface area contributed by atoms with Crippen molar-refractivity contribution >= 4 is 38.7 Å². The molecule has 7 N–H and O–H groups in total. The van der Waals surface area contributed by atoms with Crippen molar-refractivity contribution in [3.63, 3.8) is 0 Å². The predicted octanol–water partition coefficient (Wildman–Crippen LogP) is 0.989. The van der Waals surface area contributed by atoms with Gasteiger partial charge in [0, 0.05) is 6.42 Å². The van der Waals surface area contributed by atoms with Crippen LogP contribution in [-0.2, 0) is 4.74 Å². The van der Waals surface area contributed by atoms with E-state index >= 15 is 0 Å². The van der Waals surface area contributed by atoms with Gasteiger partial charge in [-0.1, -0.05) is 36.4 Å². The largest absolute Gasteiger partial charge is 0.394 e. The molecule has 12 heteroatoms. The van der Waals surface area contributed by atoms with Crippen LogP contribution in [0.3, 0.4) is 0 Å². The highest BCUT2D eigenvalue weighted by Crippen LogP contribution is 2.43. The molecule has 3 aromatic carbocycles. The minimum absolute atomic E-state index is 0.00730. The lowest BCUT2D eigenvalue weighted by molar-refractivity contribution is -0.0767. The van der Waals surface area contributed by atoms with Crippen LogP contribution in [0.15, 0.2) is 59.7 Å². The maximum Gasteiger partial charge on any atom is 0.280 e. The number of nitrogens with one attached hydrogen (secondary N) is 2. The molecule has 1 aliphatic carbocycles. The lowest BCUT2D eigenvalue weighted by atomic mass is 9.79. The van der Waals surface area contributed by atoms with Gasteiger partial charge < -0.3 is 35.6 Å². The van der Waals surface area contributed by atoms with Gasteiger partial charge >= 0.3 is 0 Å². The van der Waals surface area contributed by atoms with Crippen LogP contribution in [0, 0.1) is 0 Å². The molecule has 2 aromatic heterocycles. The van der Waals surface area contributed by atoms with Crippen LogP contribution in [-0.4, -0.2) is 76.1 Å². The van der Waals surface area contributed by atoms with Crippen molar-refractivity contribution in [1.82, 2.24) is 19.5 Å². The number of ether oxygens (including phenoxy) is 1. The summed E-state index contributed by atoms with van der Waals surface area (Å²) in [7, 11) is 0. The van der Waals surface area contributed by atoms with Crippen molar-refractivity contribution < 1.29 is 30.3 Å². The number of aromatic nitrogens is 4. The zero-order chi connectivity index (χ0) is 27.7. The number of aliphatic hydroxyl groups excluding tert-OH is 5. The van der Waals surface area contributed by atoms with E-state index in [4.69, 9.17) is 4.74 Å². The van der Waals surface area contributed by atoms with Gasteiger partial charge in [-0.2, -0.15) is 4.98 Å². The van der Waals surface area contributed by atoms with E-state index < -0.39 is 48.3 Å². The number of anilines is 1. The molecule has 0 amide bonds. The Bertz CT molecular complexity index is 1820. The molecule has 3 heterocycles. The third kappa shape index (κ3) is 3.80. The first-order valence-corrected chi connectivity index (χ1v) is 13.0. The Kier molecular flexibility index (Phi) is 5.85. The van der Waals surface area contributed by atoms with Crippen LogP contribution in [0.5, 0.6) is 0 Å². The summed E-state index contributed by atoms with van der Waals surface area (Å²) < 4.78 is 7.24. The van der Waals surface area contributed by atoms with Gasteiger partial charge in [0.05, 0.1) is 25.1 Å². The van der Waals surface area contributed by atoms with Crippen LogP contribution in [0.25, 0.3) is 32.7 Å². The van der Waals surface area contributed by atoms with E-state index in [1.165, 1.54) is 10.9 Å². The summed E-state index contributed by atoms with van der Waals surface area (Å²) in [6.07, 6.45) is -5.05. The Labute approximate surface area is 226 Å². The van der Waals surface area contributed by atoms with Gasteiger partial charge in [0.2, 0.25) is 5.95 Å². The molecule has 7 atom stereocenters. The average Bonchev–Trinajstić information content (AvgIpc) is 3.55. The van der Waals surface area contributed by atoms with Gasteiger partial charge in [0.1, 0.15) is 30.6 Å². The molecule has 40 heavy (non-hydrogen) atoms. The number of rotatable bonds is 4. The zero-order valence-corrected chi connectivity index (χ0v) is 21.0.